The lowest BCUT2D eigenvalue weighted by Crippen LogP contribution is -2.22. The normalized spacial score (nSPS) is 11.6. The van der Waals surface area contributed by atoms with E-state index in [1.807, 2.05) is 42.6 Å². The SMILES string of the molecule is COc1ccc(NC(=O)C(C)Sc2cccc(NC(=O)c3cccs3)c2)cc1Cl. The third-order valence-corrected chi connectivity index (χ3v) is 6.20. The molecule has 3 rings (SSSR count). The third kappa shape index (κ3) is 5.76. The van der Waals surface area contributed by atoms with Gasteiger partial charge in [-0.2, -0.15) is 0 Å². The molecule has 1 aromatic heterocycles. The molecule has 8 heteroatoms. The summed E-state index contributed by atoms with van der Waals surface area (Å²) in [6.07, 6.45) is 0. The van der Waals surface area contributed by atoms with Gasteiger partial charge in [0.05, 0.1) is 22.3 Å². The summed E-state index contributed by atoms with van der Waals surface area (Å²) in [6.45, 7) is 1.82. The van der Waals surface area contributed by atoms with Crippen molar-refractivity contribution < 1.29 is 14.3 Å². The van der Waals surface area contributed by atoms with Gasteiger partial charge in [0.25, 0.3) is 5.91 Å². The number of hydrogen-bond donors (Lipinski definition) is 2. The Morgan fingerprint density at radius 2 is 1.86 bits per heavy atom. The molecule has 2 aromatic carbocycles. The molecule has 29 heavy (non-hydrogen) atoms. The first-order valence-electron chi connectivity index (χ1n) is 8.72. The predicted octanol–water partition coefficient (Wildman–Crippen LogP) is 5.78. The fraction of sp³-hybridized carbons (Fsp3) is 0.143. The highest BCUT2D eigenvalue weighted by Gasteiger charge is 2.16. The Morgan fingerprint density at radius 3 is 2.55 bits per heavy atom. The van der Waals surface area contributed by atoms with E-state index in [1.54, 1.807) is 24.3 Å². The van der Waals surface area contributed by atoms with Crippen LogP contribution < -0.4 is 15.4 Å². The molecule has 5 nitrogen and oxygen atoms in total. The Balaban J connectivity index is 1.61. The van der Waals surface area contributed by atoms with Gasteiger partial charge in [-0.25, -0.2) is 0 Å². The van der Waals surface area contributed by atoms with E-state index >= 15 is 0 Å². The Bertz CT molecular complexity index is 1010. The summed E-state index contributed by atoms with van der Waals surface area (Å²) in [5, 5.41) is 7.67. The number of thioether (sulfide) groups is 1. The largest absolute Gasteiger partial charge is 0.495 e. The molecule has 150 valence electrons. The number of nitrogens with one attached hydrogen (secondary N) is 2. The van der Waals surface area contributed by atoms with Gasteiger partial charge in [0.15, 0.2) is 0 Å². The summed E-state index contributed by atoms with van der Waals surface area (Å²) >= 11 is 8.89. The molecule has 1 heterocycles. The standard InChI is InChI=1S/C21H19ClN2O3S2/c1-13(20(25)23-15-8-9-18(27-2)17(22)12-15)29-16-6-3-5-14(11-16)24-21(26)19-7-4-10-28-19/h3-13H,1-2H3,(H,23,25)(H,24,26). The predicted molar refractivity (Wildman–Crippen MR) is 121 cm³/mol. The van der Waals surface area contributed by atoms with Gasteiger partial charge in [-0.05, 0) is 54.8 Å². The first-order chi connectivity index (χ1) is 14.0. The average molecular weight is 447 g/mol. The van der Waals surface area contributed by atoms with Crippen LogP contribution in [0.4, 0.5) is 11.4 Å². The van der Waals surface area contributed by atoms with Crippen molar-refractivity contribution in [2.75, 3.05) is 17.7 Å². The average Bonchev–Trinajstić information content (AvgIpc) is 3.23. The van der Waals surface area contributed by atoms with Crippen molar-refractivity contribution in [2.45, 2.75) is 17.1 Å². The maximum absolute atomic E-state index is 12.5. The molecular formula is C21H19ClN2O3S2. The lowest BCUT2D eigenvalue weighted by atomic mass is 10.3. The van der Waals surface area contributed by atoms with Crippen molar-refractivity contribution >= 4 is 57.9 Å². The van der Waals surface area contributed by atoms with Crippen molar-refractivity contribution in [3.63, 3.8) is 0 Å². The molecule has 0 aliphatic carbocycles. The lowest BCUT2D eigenvalue weighted by Gasteiger charge is -2.14. The molecule has 0 aliphatic heterocycles. The van der Waals surface area contributed by atoms with E-state index in [-0.39, 0.29) is 17.1 Å². The second-order valence-electron chi connectivity index (χ2n) is 6.06. The molecule has 0 radical (unpaired) electrons. The van der Waals surface area contributed by atoms with Crippen LogP contribution >= 0.6 is 34.7 Å². The van der Waals surface area contributed by atoms with Gasteiger partial charge in [-0.1, -0.05) is 23.7 Å². The highest BCUT2D eigenvalue weighted by Crippen LogP contribution is 2.29. The first kappa shape index (κ1) is 21.2. The molecule has 0 saturated heterocycles. The number of amides is 2. The van der Waals surface area contributed by atoms with E-state index in [2.05, 4.69) is 10.6 Å². The molecule has 2 amide bonds. The minimum Gasteiger partial charge on any atom is -0.495 e. The minimum absolute atomic E-state index is 0.149. The van der Waals surface area contributed by atoms with Gasteiger partial charge < -0.3 is 15.4 Å². The van der Waals surface area contributed by atoms with Crippen molar-refractivity contribution in [1.29, 1.82) is 0 Å². The van der Waals surface area contributed by atoms with Gasteiger partial charge in [0.2, 0.25) is 5.91 Å². The van der Waals surface area contributed by atoms with Crippen molar-refractivity contribution in [3.8, 4) is 5.75 Å². The molecular weight excluding hydrogens is 428 g/mol. The third-order valence-electron chi connectivity index (χ3n) is 3.94. The molecule has 0 saturated carbocycles. The highest BCUT2D eigenvalue weighted by molar-refractivity contribution is 8.00. The van der Waals surface area contributed by atoms with E-state index in [0.717, 1.165) is 4.90 Å². The molecule has 0 fully saturated rings. The maximum atomic E-state index is 12.5. The number of halogens is 1. The topological polar surface area (TPSA) is 67.4 Å². The lowest BCUT2D eigenvalue weighted by molar-refractivity contribution is -0.115. The van der Waals surface area contributed by atoms with Crippen LogP contribution in [0.15, 0.2) is 64.9 Å². The summed E-state index contributed by atoms with van der Waals surface area (Å²) in [7, 11) is 1.54. The Kier molecular flexibility index (Phi) is 7.19. The molecule has 3 aromatic rings. The quantitative estimate of drug-likeness (QED) is 0.451. The van der Waals surface area contributed by atoms with Crippen LogP contribution in [0, 0.1) is 0 Å². The zero-order valence-electron chi connectivity index (χ0n) is 15.8. The Morgan fingerprint density at radius 1 is 1.07 bits per heavy atom. The second kappa shape index (κ2) is 9.82. The van der Waals surface area contributed by atoms with E-state index in [0.29, 0.717) is 27.0 Å². The van der Waals surface area contributed by atoms with Crippen LogP contribution in [0.2, 0.25) is 5.02 Å². The van der Waals surface area contributed by atoms with E-state index in [1.165, 1.54) is 30.2 Å². The monoisotopic (exact) mass is 446 g/mol. The second-order valence-corrected chi connectivity index (χ2v) is 8.83. The van der Waals surface area contributed by atoms with Gasteiger partial charge in [-0.15, -0.1) is 23.1 Å². The maximum Gasteiger partial charge on any atom is 0.265 e. The number of anilines is 2. The summed E-state index contributed by atoms with van der Waals surface area (Å²) in [5.41, 5.74) is 1.29. The summed E-state index contributed by atoms with van der Waals surface area (Å²) in [5.74, 6) is 0.252. The molecule has 0 spiro atoms. The highest BCUT2D eigenvalue weighted by atomic mass is 35.5. The molecule has 0 bridgehead atoms. The molecule has 2 N–H and O–H groups in total. The Hall–Kier alpha value is -2.48. The number of carbonyl (C=O) groups excluding carboxylic acids is 2. The van der Waals surface area contributed by atoms with Crippen LogP contribution in [0.5, 0.6) is 5.75 Å². The van der Waals surface area contributed by atoms with Gasteiger partial charge in [-0.3, -0.25) is 9.59 Å². The van der Waals surface area contributed by atoms with Crippen LogP contribution in [-0.4, -0.2) is 24.2 Å². The number of carbonyl (C=O) groups is 2. The van der Waals surface area contributed by atoms with Crippen molar-refractivity contribution in [2.24, 2.45) is 0 Å². The number of methoxy groups -OCH3 is 1. The van der Waals surface area contributed by atoms with Crippen molar-refractivity contribution in [1.82, 2.24) is 0 Å². The van der Waals surface area contributed by atoms with Gasteiger partial charge in [0, 0.05) is 16.3 Å². The van der Waals surface area contributed by atoms with E-state index in [9.17, 15) is 9.59 Å². The van der Waals surface area contributed by atoms with Gasteiger partial charge >= 0.3 is 0 Å². The minimum atomic E-state index is -0.348. The number of benzene rings is 2. The number of ether oxygens (including phenoxy) is 1. The van der Waals surface area contributed by atoms with E-state index in [4.69, 9.17) is 16.3 Å². The zero-order valence-corrected chi connectivity index (χ0v) is 18.2. The fourth-order valence-corrected chi connectivity index (χ4v) is 4.30. The number of thiophene rings is 1. The van der Waals surface area contributed by atoms with Crippen LogP contribution in [0.3, 0.4) is 0 Å². The molecule has 1 atom stereocenters. The summed E-state index contributed by atoms with van der Waals surface area (Å²) in [6, 6.07) is 16.1. The van der Waals surface area contributed by atoms with E-state index < -0.39 is 0 Å². The summed E-state index contributed by atoms with van der Waals surface area (Å²) < 4.78 is 5.12. The van der Waals surface area contributed by atoms with Crippen LogP contribution in [0.25, 0.3) is 0 Å². The number of hydrogen-bond acceptors (Lipinski definition) is 5. The molecule has 0 aliphatic rings. The number of rotatable bonds is 7. The van der Waals surface area contributed by atoms with Crippen molar-refractivity contribution in [3.05, 3.63) is 69.9 Å². The van der Waals surface area contributed by atoms with Crippen LogP contribution in [0.1, 0.15) is 16.6 Å². The summed E-state index contributed by atoms with van der Waals surface area (Å²) in [4.78, 5) is 26.3. The zero-order chi connectivity index (χ0) is 20.8. The smallest absolute Gasteiger partial charge is 0.265 e. The Labute approximate surface area is 182 Å². The molecule has 1 unspecified atom stereocenters. The first-order valence-corrected chi connectivity index (χ1v) is 10.9. The van der Waals surface area contributed by atoms with Crippen LogP contribution in [-0.2, 0) is 4.79 Å². The fourth-order valence-electron chi connectivity index (χ4n) is 2.49. The van der Waals surface area contributed by atoms with Gasteiger partial charge in [0.1, 0.15) is 5.75 Å².